The molecule has 0 heterocycles. The lowest BCUT2D eigenvalue weighted by molar-refractivity contribution is 0.111. The van der Waals surface area contributed by atoms with Crippen LogP contribution in [0.25, 0.3) is 0 Å². The van der Waals surface area contributed by atoms with Gasteiger partial charge < -0.3 is 4.74 Å². The zero-order valence-electron chi connectivity index (χ0n) is 10.7. The molecule has 0 saturated carbocycles. The molecule has 0 aliphatic carbocycles. The van der Waals surface area contributed by atoms with Gasteiger partial charge in [0.25, 0.3) is 0 Å². The Morgan fingerprint density at radius 2 is 1.59 bits per heavy atom. The van der Waals surface area contributed by atoms with E-state index in [4.69, 9.17) is 4.74 Å². The maximum Gasteiger partial charge on any atom is 0.153 e. The number of carbonyl (C=O) groups is 2. The first-order valence-corrected chi connectivity index (χ1v) is 5.52. The fraction of sp³-hybridized carbons (Fsp3) is 0.429. The van der Waals surface area contributed by atoms with Gasteiger partial charge in [0.1, 0.15) is 5.75 Å². The fourth-order valence-electron chi connectivity index (χ4n) is 1.86. The van der Waals surface area contributed by atoms with Crippen LogP contribution in [0, 0.1) is 5.41 Å². The number of carbonyl (C=O) groups excluding carboxylic acids is 2. The average Bonchev–Trinajstić information content (AvgIpc) is 2.25. The lowest BCUT2D eigenvalue weighted by Gasteiger charge is -2.19. The zero-order chi connectivity index (χ0) is 13.1. The monoisotopic (exact) mass is 234 g/mol. The molecule has 1 aromatic carbocycles. The van der Waals surface area contributed by atoms with Gasteiger partial charge in [-0.3, -0.25) is 9.59 Å². The van der Waals surface area contributed by atoms with E-state index in [1.54, 1.807) is 12.1 Å². The third kappa shape index (κ3) is 3.41. The number of methoxy groups -OCH3 is 1. The van der Waals surface area contributed by atoms with Gasteiger partial charge in [-0.15, -0.1) is 0 Å². The van der Waals surface area contributed by atoms with Gasteiger partial charge in [-0.05, 0) is 29.5 Å². The van der Waals surface area contributed by atoms with Gasteiger partial charge in [0.05, 0.1) is 18.2 Å². The molecule has 0 fully saturated rings. The minimum atomic E-state index is 0.106. The molecule has 0 bridgehead atoms. The summed E-state index contributed by atoms with van der Waals surface area (Å²) in [6.45, 7) is 6.33. The second-order valence-corrected chi connectivity index (χ2v) is 5.28. The van der Waals surface area contributed by atoms with E-state index in [1.165, 1.54) is 7.11 Å². The molecule has 0 saturated heterocycles. The highest BCUT2D eigenvalue weighted by Gasteiger charge is 2.15. The summed E-state index contributed by atoms with van der Waals surface area (Å²) < 4.78 is 5.08. The summed E-state index contributed by atoms with van der Waals surface area (Å²) in [6.07, 6.45) is 2.24. The number of rotatable bonds is 4. The van der Waals surface area contributed by atoms with Crippen molar-refractivity contribution >= 4 is 12.6 Å². The highest BCUT2D eigenvalue weighted by Crippen LogP contribution is 2.27. The summed E-state index contributed by atoms with van der Waals surface area (Å²) in [5, 5.41) is 0. The smallest absolute Gasteiger partial charge is 0.153 e. The molecule has 3 nitrogen and oxygen atoms in total. The topological polar surface area (TPSA) is 43.4 Å². The molecular formula is C14H18O3. The van der Waals surface area contributed by atoms with E-state index >= 15 is 0 Å². The Morgan fingerprint density at radius 3 is 1.88 bits per heavy atom. The average molecular weight is 234 g/mol. The van der Waals surface area contributed by atoms with Crippen LogP contribution in [-0.4, -0.2) is 19.7 Å². The van der Waals surface area contributed by atoms with Crippen molar-refractivity contribution < 1.29 is 14.3 Å². The quantitative estimate of drug-likeness (QED) is 0.752. The minimum Gasteiger partial charge on any atom is -0.495 e. The predicted molar refractivity (Wildman–Crippen MR) is 66.9 cm³/mol. The molecule has 1 rings (SSSR count). The van der Waals surface area contributed by atoms with Crippen molar-refractivity contribution in [1.82, 2.24) is 0 Å². The van der Waals surface area contributed by atoms with Gasteiger partial charge in [0.15, 0.2) is 12.6 Å². The van der Waals surface area contributed by atoms with Gasteiger partial charge >= 0.3 is 0 Å². The van der Waals surface area contributed by atoms with Crippen molar-refractivity contribution in [1.29, 1.82) is 0 Å². The number of aldehydes is 2. The van der Waals surface area contributed by atoms with Crippen LogP contribution in [0.5, 0.6) is 5.75 Å². The van der Waals surface area contributed by atoms with Crippen LogP contribution >= 0.6 is 0 Å². The first-order valence-electron chi connectivity index (χ1n) is 5.52. The first kappa shape index (κ1) is 13.4. The maximum absolute atomic E-state index is 11.0. The molecule has 0 aliphatic rings. The molecule has 0 aliphatic heterocycles. The summed E-state index contributed by atoms with van der Waals surface area (Å²) >= 11 is 0. The Kier molecular flexibility index (Phi) is 4.05. The van der Waals surface area contributed by atoms with E-state index < -0.39 is 0 Å². The van der Waals surface area contributed by atoms with Crippen LogP contribution in [0.1, 0.15) is 47.1 Å². The van der Waals surface area contributed by atoms with Gasteiger partial charge in [-0.25, -0.2) is 0 Å². The van der Waals surface area contributed by atoms with Gasteiger partial charge in [-0.2, -0.15) is 0 Å². The highest BCUT2D eigenvalue weighted by atomic mass is 16.5. The van der Waals surface area contributed by atoms with Crippen LogP contribution in [0.15, 0.2) is 12.1 Å². The Hall–Kier alpha value is -1.64. The van der Waals surface area contributed by atoms with Gasteiger partial charge in [0.2, 0.25) is 0 Å². The van der Waals surface area contributed by atoms with Crippen molar-refractivity contribution in [2.45, 2.75) is 27.2 Å². The molecule has 0 aromatic heterocycles. The molecule has 0 N–H and O–H groups in total. The number of ether oxygens (including phenoxy) is 1. The third-order valence-corrected chi connectivity index (χ3v) is 2.40. The zero-order valence-corrected chi connectivity index (χ0v) is 10.7. The SMILES string of the molecule is COc1c(C=O)cc(CC(C)(C)C)cc1C=O. The summed E-state index contributed by atoms with van der Waals surface area (Å²) in [5.74, 6) is 0.354. The third-order valence-electron chi connectivity index (χ3n) is 2.40. The van der Waals surface area contributed by atoms with Crippen molar-refractivity contribution in [3.63, 3.8) is 0 Å². The lowest BCUT2D eigenvalue weighted by Crippen LogP contribution is -2.10. The first-order chi connectivity index (χ1) is 7.91. The molecular weight excluding hydrogens is 216 g/mol. The van der Waals surface area contributed by atoms with Crippen molar-refractivity contribution in [2.75, 3.05) is 7.11 Å². The lowest BCUT2D eigenvalue weighted by atomic mass is 9.87. The summed E-state index contributed by atoms with van der Waals surface area (Å²) in [6, 6.07) is 3.56. The molecule has 0 radical (unpaired) electrons. The van der Waals surface area contributed by atoms with Crippen LogP contribution in [-0.2, 0) is 6.42 Å². The summed E-state index contributed by atoms with van der Waals surface area (Å²) in [5.41, 5.74) is 1.93. The molecule has 0 spiro atoms. The Bertz CT molecular complexity index is 399. The van der Waals surface area contributed by atoms with Gasteiger partial charge in [-0.1, -0.05) is 20.8 Å². The molecule has 0 amide bonds. The second-order valence-electron chi connectivity index (χ2n) is 5.28. The minimum absolute atomic E-state index is 0.106. The predicted octanol–water partition coefficient (Wildman–Crippen LogP) is 2.91. The maximum atomic E-state index is 11.0. The summed E-state index contributed by atoms with van der Waals surface area (Å²) in [7, 11) is 1.46. The molecule has 92 valence electrons. The molecule has 0 atom stereocenters. The summed E-state index contributed by atoms with van der Waals surface area (Å²) in [4.78, 5) is 22.0. The van der Waals surface area contributed by atoms with E-state index in [2.05, 4.69) is 20.8 Å². The van der Waals surface area contributed by atoms with Crippen LogP contribution in [0.3, 0.4) is 0 Å². The number of benzene rings is 1. The van der Waals surface area contributed by atoms with E-state index in [0.717, 1.165) is 24.6 Å². The van der Waals surface area contributed by atoms with Gasteiger partial charge in [0, 0.05) is 0 Å². The molecule has 0 unspecified atom stereocenters. The molecule has 17 heavy (non-hydrogen) atoms. The van der Waals surface area contributed by atoms with E-state index in [0.29, 0.717) is 16.9 Å². The van der Waals surface area contributed by atoms with Crippen molar-refractivity contribution in [3.05, 3.63) is 28.8 Å². The van der Waals surface area contributed by atoms with Crippen molar-refractivity contribution in [3.8, 4) is 5.75 Å². The Balaban J connectivity index is 3.27. The van der Waals surface area contributed by atoms with Crippen LogP contribution in [0.2, 0.25) is 0 Å². The van der Waals surface area contributed by atoms with Crippen LogP contribution in [0.4, 0.5) is 0 Å². The largest absolute Gasteiger partial charge is 0.495 e. The van der Waals surface area contributed by atoms with E-state index in [-0.39, 0.29) is 5.41 Å². The number of hydrogen-bond acceptors (Lipinski definition) is 3. The highest BCUT2D eigenvalue weighted by molar-refractivity contribution is 5.89. The van der Waals surface area contributed by atoms with Crippen molar-refractivity contribution in [2.24, 2.45) is 5.41 Å². The molecule has 3 heteroatoms. The Labute approximate surface area is 102 Å². The number of hydrogen-bond donors (Lipinski definition) is 0. The van der Waals surface area contributed by atoms with Crippen LogP contribution < -0.4 is 4.74 Å². The van der Waals surface area contributed by atoms with E-state index in [1.807, 2.05) is 0 Å². The molecule has 1 aromatic rings. The second kappa shape index (κ2) is 5.13. The van der Waals surface area contributed by atoms with E-state index in [9.17, 15) is 9.59 Å². The fourth-order valence-corrected chi connectivity index (χ4v) is 1.86. The Morgan fingerprint density at radius 1 is 1.12 bits per heavy atom. The standard InChI is InChI=1S/C14H18O3/c1-14(2,3)7-10-5-11(8-15)13(17-4)12(6-10)9-16/h5-6,8-9H,7H2,1-4H3. The normalized spacial score (nSPS) is 11.1.